The number of aryl methyl sites for hydroxylation is 1. The molecule has 1 aliphatic rings. The van der Waals surface area contributed by atoms with Gasteiger partial charge in [-0.15, -0.1) is 0 Å². The third kappa shape index (κ3) is 3.28. The van der Waals surface area contributed by atoms with E-state index in [9.17, 15) is 4.79 Å². The van der Waals surface area contributed by atoms with Gasteiger partial charge in [0.25, 0.3) is 5.91 Å². The third-order valence-electron chi connectivity index (χ3n) is 4.79. The van der Waals surface area contributed by atoms with Crippen molar-refractivity contribution in [2.24, 2.45) is 0 Å². The van der Waals surface area contributed by atoms with E-state index in [1.165, 1.54) is 0 Å². The average Bonchev–Trinajstić information content (AvgIpc) is 3.10. The number of benzene rings is 1. The molecular weight excluding hydrogens is 356 g/mol. The van der Waals surface area contributed by atoms with E-state index in [-0.39, 0.29) is 11.9 Å². The molecule has 7 nitrogen and oxygen atoms in total. The summed E-state index contributed by atoms with van der Waals surface area (Å²) < 4.78 is 13.1. The molecule has 0 radical (unpaired) electrons. The second-order valence-electron chi connectivity index (χ2n) is 7.37. The summed E-state index contributed by atoms with van der Waals surface area (Å²) in [6.07, 6.45) is 1.73. The number of rotatable bonds is 4. The maximum atomic E-state index is 13.2. The van der Waals surface area contributed by atoms with Gasteiger partial charge in [-0.3, -0.25) is 4.79 Å². The van der Waals surface area contributed by atoms with Crippen molar-refractivity contribution in [2.45, 2.75) is 33.4 Å². The number of carbonyl (C=O) groups is 1. The van der Waals surface area contributed by atoms with Crippen LogP contribution in [0.4, 0.5) is 0 Å². The van der Waals surface area contributed by atoms with Crippen molar-refractivity contribution in [1.82, 2.24) is 19.7 Å². The van der Waals surface area contributed by atoms with Crippen LogP contribution in [0.5, 0.6) is 11.5 Å². The molecule has 7 heteroatoms. The monoisotopic (exact) mass is 380 g/mol. The van der Waals surface area contributed by atoms with Crippen molar-refractivity contribution in [3.05, 3.63) is 47.3 Å². The van der Waals surface area contributed by atoms with E-state index in [2.05, 4.69) is 10.1 Å². The zero-order valence-corrected chi connectivity index (χ0v) is 16.6. The van der Waals surface area contributed by atoms with Crippen molar-refractivity contribution in [1.29, 1.82) is 0 Å². The first-order valence-corrected chi connectivity index (χ1v) is 9.43. The van der Waals surface area contributed by atoms with Crippen LogP contribution in [-0.2, 0) is 6.54 Å². The van der Waals surface area contributed by atoms with Crippen LogP contribution in [0.15, 0.2) is 30.5 Å². The molecule has 2 aromatic heterocycles. The lowest BCUT2D eigenvalue weighted by atomic mass is 10.1. The molecule has 28 heavy (non-hydrogen) atoms. The standard InChI is InChI=1S/C21H24N4O3/c1-13(2)25-20-17(11-22-25)16(9-14(3)23-20)21(26)24(4)12-15-5-6-18-19(10-15)28-8-7-27-18/h5-6,9-11,13H,7-8,12H2,1-4H3. The summed E-state index contributed by atoms with van der Waals surface area (Å²) in [6.45, 7) is 7.56. The lowest BCUT2D eigenvalue weighted by Crippen LogP contribution is -2.26. The van der Waals surface area contributed by atoms with Crippen molar-refractivity contribution in [3.63, 3.8) is 0 Å². The van der Waals surface area contributed by atoms with Gasteiger partial charge >= 0.3 is 0 Å². The molecule has 0 fully saturated rings. The lowest BCUT2D eigenvalue weighted by Gasteiger charge is -2.21. The highest BCUT2D eigenvalue weighted by Crippen LogP contribution is 2.31. The maximum Gasteiger partial charge on any atom is 0.254 e. The van der Waals surface area contributed by atoms with Gasteiger partial charge in [-0.25, -0.2) is 9.67 Å². The summed E-state index contributed by atoms with van der Waals surface area (Å²) in [5, 5.41) is 5.20. The number of ether oxygens (including phenoxy) is 2. The van der Waals surface area contributed by atoms with Crippen LogP contribution in [0.3, 0.4) is 0 Å². The summed E-state index contributed by atoms with van der Waals surface area (Å²) in [4.78, 5) is 19.5. The number of amides is 1. The maximum absolute atomic E-state index is 13.2. The quantitative estimate of drug-likeness (QED) is 0.694. The number of fused-ring (bicyclic) bond motifs is 2. The van der Waals surface area contributed by atoms with Gasteiger partial charge in [-0.1, -0.05) is 6.07 Å². The number of hydrogen-bond donors (Lipinski definition) is 0. The molecule has 0 spiro atoms. The van der Waals surface area contributed by atoms with Crippen molar-refractivity contribution >= 4 is 16.9 Å². The van der Waals surface area contributed by atoms with Gasteiger partial charge in [0.1, 0.15) is 13.2 Å². The smallest absolute Gasteiger partial charge is 0.254 e. The third-order valence-corrected chi connectivity index (χ3v) is 4.79. The molecule has 4 rings (SSSR count). The highest BCUT2D eigenvalue weighted by atomic mass is 16.6. The van der Waals surface area contributed by atoms with E-state index >= 15 is 0 Å². The molecule has 0 N–H and O–H groups in total. The summed E-state index contributed by atoms with van der Waals surface area (Å²) in [5.41, 5.74) is 3.14. The van der Waals surface area contributed by atoms with E-state index in [0.29, 0.717) is 25.3 Å². The van der Waals surface area contributed by atoms with Crippen LogP contribution in [0.25, 0.3) is 11.0 Å². The Labute approximate surface area is 163 Å². The largest absolute Gasteiger partial charge is 0.486 e. The molecular formula is C21H24N4O3. The van der Waals surface area contributed by atoms with Crippen LogP contribution in [0, 0.1) is 6.92 Å². The van der Waals surface area contributed by atoms with Gasteiger partial charge in [0.15, 0.2) is 17.1 Å². The summed E-state index contributed by atoms with van der Waals surface area (Å²) in [5.74, 6) is 1.41. The van der Waals surface area contributed by atoms with Gasteiger partial charge in [0.05, 0.1) is 17.1 Å². The topological polar surface area (TPSA) is 69.5 Å². The first-order valence-electron chi connectivity index (χ1n) is 9.43. The van der Waals surface area contributed by atoms with E-state index in [1.807, 2.05) is 49.7 Å². The Morgan fingerprint density at radius 3 is 2.71 bits per heavy atom. The fourth-order valence-corrected chi connectivity index (χ4v) is 3.44. The predicted molar refractivity (Wildman–Crippen MR) is 106 cm³/mol. The molecule has 0 atom stereocenters. The van der Waals surface area contributed by atoms with E-state index < -0.39 is 0 Å². The first-order chi connectivity index (χ1) is 13.4. The lowest BCUT2D eigenvalue weighted by molar-refractivity contribution is 0.0786. The molecule has 146 valence electrons. The Bertz CT molecular complexity index is 1040. The number of hydrogen-bond acceptors (Lipinski definition) is 5. The van der Waals surface area contributed by atoms with Gasteiger partial charge < -0.3 is 14.4 Å². The average molecular weight is 380 g/mol. The zero-order valence-electron chi connectivity index (χ0n) is 16.6. The van der Waals surface area contributed by atoms with Gasteiger partial charge in [-0.2, -0.15) is 5.10 Å². The summed E-state index contributed by atoms with van der Waals surface area (Å²) in [7, 11) is 1.80. The Morgan fingerprint density at radius 2 is 1.96 bits per heavy atom. The van der Waals surface area contributed by atoms with Crippen molar-refractivity contribution in [3.8, 4) is 11.5 Å². The molecule has 0 unspecified atom stereocenters. The SMILES string of the molecule is Cc1cc(C(=O)N(C)Cc2ccc3c(c2)OCCO3)c2cnn(C(C)C)c2n1. The van der Waals surface area contributed by atoms with Gasteiger partial charge in [-0.05, 0) is 44.5 Å². The van der Waals surface area contributed by atoms with Gasteiger partial charge in [0, 0.05) is 25.3 Å². The number of aromatic nitrogens is 3. The molecule has 3 heterocycles. The zero-order chi connectivity index (χ0) is 19.8. The molecule has 0 saturated heterocycles. The van der Waals surface area contributed by atoms with Crippen LogP contribution in [0.1, 0.15) is 41.5 Å². The Morgan fingerprint density at radius 1 is 1.21 bits per heavy atom. The molecule has 1 aromatic carbocycles. The second kappa shape index (κ2) is 7.14. The number of nitrogens with zero attached hydrogens (tertiary/aromatic N) is 4. The van der Waals surface area contributed by atoms with Crippen LogP contribution < -0.4 is 9.47 Å². The molecule has 0 bridgehead atoms. The number of pyridine rings is 1. The summed E-state index contributed by atoms with van der Waals surface area (Å²) in [6, 6.07) is 7.79. The fourth-order valence-electron chi connectivity index (χ4n) is 3.44. The normalized spacial score (nSPS) is 13.2. The molecule has 0 saturated carbocycles. The van der Waals surface area contributed by atoms with E-state index in [1.54, 1.807) is 18.1 Å². The minimum atomic E-state index is -0.0614. The molecule has 1 aliphatic heterocycles. The highest BCUT2D eigenvalue weighted by molar-refractivity contribution is 6.05. The van der Waals surface area contributed by atoms with Crippen LogP contribution >= 0.6 is 0 Å². The minimum absolute atomic E-state index is 0.0614. The Kier molecular flexibility index (Phi) is 4.66. The van der Waals surface area contributed by atoms with E-state index in [0.717, 1.165) is 33.8 Å². The molecule has 0 aliphatic carbocycles. The van der Waals surface area contributed by atoms with Crippen molar-refractivity contribution in [2.75, 3.05) is 20.3 Å². The first kappa shape index (κ1) is 18.3. The van der Waals surface area contributed by atoms with E-state index in [4.69, 9.17) is 9.47 Å². The predicted octanol–water partition coefficient (Wildman–Crippen LogP) is 3.36. The fraction of sp³-hybridized carbons (Fsp3) is 0.381. The Balaban J connectivity index is 1.62. The molecule has 3 aromatic rings. The van der Waals surface area contributed by atoms with Crippen LogP contribution in [0.2, 0.25) is 0 Å². The van der Waals surface area contributed by atoms with Gasteiger partial charge in [0.2, 0.25) is 0 Å². The molecule has 1 amide bonds. The Hall–Kier alpha value is -3.09. The summed E-state index contributed by atoms with van der Waals surface area (Å²) >= 11 is 0. The number of carbonyl (C=O) groups excluding carboxylic acids is 1. The minimum Gasteiger partial charge on any atom is -0.486 e. The van der Waals surface area contributed by atoms with Crippen LogP contribution in [-0.4, -0.2) is 45.8 Å². The van der Waals surface area contributed by atoms with Crippen molar-refractivity contribution < 1.29 is 14.3 Å². The highest BCUT2D eigenvalue weighted by Gasteiger charge is 2.20. The second-order valence-corrected chi connectivity index (χ2v) is 7.37.